The van der Waals surface area contributed by atoms with E-state index in [2.05, 4.69) is 10.4 Å². The molecule has 0 saturated carbocycles. The van der Waals surface area contributed by atoms with E-state index in [0.29, 0.717) is 19.0 Å². The molecule has 0 saturated heterocycles. The van der Waals surface area contributed by atoms with Gasteiger partial charge in [0, 0.05) is 25.4 Å². The molecule has 0 aliphatic carbocycles. The lowest BCUT2D eigenvalue weighted by Gasteiger charge is -2.06. The summed E-state index contributed by atoms with van der Waals surface area (Å²) in [5.41, 5.74) is -0.303. The van der Waals surface area contributed by atoms with Crippen molar-refractivity contribution in [2.75, 3.05) is 19.0 Å². The zero-order valence-corrected chi connectivity index (χ0v) is 13.0. The minimum absolute atomic E-state index is 0.111. The number of hydrogen-bond donors (Lipinski definition) is 2. The summed E-state index contributed by atoms with van der Waals surface area (Å²) >= 11 is 0. The van der Waals surface area contributed by atoms with Gasteiger partial charge in [0.2, 0.25) is 10.0 Å². The minimum atomic E-state index is -4.02. The highest BCUT2D eigenvalue weighted by Crippen LogP contribution is 2.29. The molecule has 0 atom stereocenters. The van der Waals surface area contributed by atoms with Crippen LogP contribution in [0.2, 0.25) is 0 Å². The maximum Gasteiger partial charge on any atom is 0.294 e. The van der Waals surface area contributed by atoms with Gasteiger partial charge < -0.3 is 10.1 Å². The average molecular weight is 341 g/mol. The van der Waals surface area contributed by atoms with E-state index in [9.17, 15) is 18.5 Å². The zero-order valence-electron chi connectivity index (χ0n) is 12.2. The molecule has 0 amide bonds. The largest absolute Gasteiger partial charge is 0.383 e. The summed E-state index contributed by atoms with van der Waals surface area (Å²) in [4.78, 5) is 10.1. The summed E-state index contributed by atoms with van der Waals surface area (Å²) in [5, 5.41) is 23.1. The van der Waals surface area contributed by atoms with Gasteiger partial charge >= 0.3 is 0 Å². The summed E-state index contributed by atoms with van der Waals surface area (Å²) in [7, 11) is -2.45. The molecule has 0 aliphatic heterocycles. The molecule has 1 heterocycles. The summed E-state index contributed by atoms with van der Waals surface area (Å²) in [6.45, 7) is 1.01. The van der Waals surface area contributed by atoms with Crippen molar-refractivity contribution in [3.63, 3.8) is 0 Å². The van der Waals surface area contributed by atoms with Gasteiger partial charge in [0.1, 0.15) is 5.69 Å². The molecule has 0 aliphatic rings. The molecule has 2 aromatic rings. The highest BCUT2D eigenvalue weighted by molar-refractivity contribution is 7.89. The van der Waals surface area contributed by atoms with Crippen molar-refractivity contribution in [3.8, 4) is 0 Å². The van der Waals surface area contributed by atoms with Crippen LogP contribution in [0.5, 0.6) is 0 Å². The van der Waals surface area contributed by atoms with Gasteiger partial charge in [0.15, 0.2) is 5.82 Å². The second-order valence-electron chi connectivity index (χ2n) is 4.56. The molecule has 0 radical (unpaired) electrons. The fourth-order valence-corrected chi connectivity index (χ4v) is 2.35. The van der Waals surface area contributed by atoms with E-state index in [1.54, 1.807) is 24.1 Å². The summed E-state index contributed by atoms with van der Waals surface area (Å²) in [5.74, 6) is 0.382. The van der Waals surface area contributed by atoms with E-state index in [-0.39, 0.29) is 10.6 Å². The number of rotatable bonds is 7. The molecule has 10 nitrogen and oxygen atoms in total. The molecular formula is C12H15N5O5S. The second kappa shape index (κ2) is 6.73. The van der Waals surface area contributed by atoms with E-state index >= 15 is 0 Å². The quantitative estimate of drug-likeness (QED) is 0.561. The Morgan fingerprint density at radius 3 is 2.78 bits per heavy atom. The first-order chi connectivity index (χ1) is 10.8. The minimum Gasteiger partial charge on any atom is -0.383 e. The van der Waals surface area contributed by atoms with Crippen molar-refractivity contribution in [2.24, 2.45) is 5.14 Å². The van der Waals surface area contributed by atoms with Gasteiger partial charge in [0.25, 0.3) is 5.69 Å². The zero-order chi connectivity index (χ0) is 17.0. The molecule has 1 aromatic heterocycles. The lowest BCUT2D eigenvalue weighted by atomic mass is 10.2. The number of aromatic nitrogens is 2. The number of nitro groups is 1. The Kier molecular flexibility index (Phi) is 4.93. The monoisotopic (exact) mass is 341 g/mol. The standard InChI is InChI=1S/C12H15N5O5S/c1-22-7-6-16-5-4-12(15-16)14-10-3-2-9(23(13,20)21)8-11(10)17(18)19/h2-5,8H,6-7H2,1H3,(H,14,15)(H2,13,20,21). The SMILES string of the molecule is COCCn1ccc(Nc2ccc(S(N)(=O)=O)cc2[N+](=O)[O-])n1. The third kappa shape index (κ3) is 4.25. The van der Waals surface area contributed by atoms with Gasteiger partial charge in [-0.15, -0.1) is 0 Å². The van der Waals surface area contributed by atoms with Crippen LogP contribution in [0.25, 0.3) is 0 Å². The fraction of sp³-hybridized carbons (Fsp3) is 0.250. The number of nitro benzene ring substituents is 1. The van der Waals surface area contributed by atoms with Crippen LogP contribution < -0.4 is 10.5 Å². The number of nitrogens with one attached hydrogen (secondary N) is 1. The van der Waals surface area contributed by atoms with Crippen LogP contribution in [0, 0.1) is 10.1 Å². The molecule has 11 heteroatoms. The molecule has 124 valence electrons. The Morgan fingerprint density at radius 1 is 1.43 bits per heavy atom. The fourth-order valence-electron chi connectivity index (χ4n) is 1.82. The first-order valence-corrected chi connectivity index (χ1v) is 7.96. The Morgan fingerprint density at radius 2 is 2.17 bits per heavy atom. The van der Waals surface area contributed by atoms with Gasteiger partial charge in [-0.1, -0.05) is 0 Å². The van der Waals surface area contributed by atoms with Crippen LogP contribution in [0.15, 0.2) is 35.4 Å². The van der Waals surface area contributed by atoms with Crippen LogP contribution in [-0.4, -0.2) is 36.8 Å². The van der Waals surface area contributed by atoms with Crippen LogP contribution >= 0.6 is 0 Å². The smallest absolute Gasteiger partial charge is 0.294 e. The average Bonchev–Trinajstić information content (AvgIpc) is 2.91. The van der Waals surface area contributed by atoms with Crippen LogP contribution in [0.4, 0.5) is 17.2 Å². The maximum absolute atomic E-state index is 11.3. The normalized spacial score (nSPS) is 11.4. The van der Waals surface area contributed by atoms with Gasteiger partial charge in [-0.2, -0.15) is 5.10 Å². The number of hydrogen-bond acceptors (Lipinski definition) is 7. The molecule has 23 heavy (non-hydrogen) atoms. The third-order valence-electron chi connectivity index (χ3n) is 2.92. The topological polar surface area (TPSA) is 142 Å². The van der Waals surface area contributed by atoms with Crippen LogP contribution in [-0.2, 0) is 21.3 Å². The second-order valence-corrected chi connectivity index (χ2v) is 6.12. The number of benzene rings is 1. The van der Waals surface area contributed by atoms with Crippen molar-refractivity contribution >= 4 is 27.2 Å². The van der Waals surface area contributed by atoms with Crippen molar-refractivity contribution in [1.29, 1.82) is 0 Å². The van der Waals surface area contributed by atoms with Crippen molar-refractivity contribution in [3.05, 3.63) is 40.6 Å². The molecule has 2 rings (SSSR count). The molecule has 1 aromatic carbocycles. The lowest BCUT2D eigenvalue weighted by Crippen LogP contribution is -2.12. The number of nitrogens with two attached hydrogens (primary N) is 1. The lowest BCUT2D eigenvalue weighted by molar-refractivity contribution is -0.384. The first kappa shape index (κ1) is 16.9. The van der Waals surface area contributed by atoms with E-state index < -0.39 is 20.6 Å². The van der Waals surface area contributed by atoms with Crippen LogP contribution in [0.3, 0.4) is 0 Å². The highest BCUT2D eigenvalue weighted by atomic mass is 32.2. The van der Waals surface area contributed by atoms with E-state index in [4.69, 9.17) is 9.88 Å². The molecular weight excluding hydrogens is 326 g/mol. The number of sulfonamides is 1. The van der Waals surface area contributed by atoms with Crippen molar-refractivity contribution < 1.29 is 18.1 Å². The van der Waals surface area contributed by atoms with Gasteiger partial charge in [-0.3, -0.25) is 14.8 Å². The van der Waals surface area contributed by atoms with Gasteiger partial charge in [-0.05, 0) is 12.1 Å². The first-order valence-electron chi connectivity index (χ1n) is 6.42. The van der Waals surface area contributed by atoms with Crippen molar-refractivity contribution in [1.82, 2.24) is 9.78 Å². The Hall–Kier alpha value is -2.50. The Balaban J connectivity index is 2.29. The number of methoxy groups -OCH3 is 1. The Labute approximate surface area is 132 Å². The van der Waals surface area contributed by atoms with Gasteiger partial charge in [0.05, 0.1) is 23.0 Å². The maximum atomic E-state index is 11.3. The molecule has 0 spiro atoms. The number of primary sulfonamides is 1. The summed E-state index contributed by atoms with van der Waals surface area (Å²) < 4.78 is 29.1. The summed E-state index contributed by atoms with van der Waals surface area (Å²) in [6, 6.07) is 4.99. The molecule has 0 fully saturated rings. The Bertz CT molecular complexity index is 817. The number of ether oxygens (including phenoxy) is 1. The molecule has 3 N–H and O–H groups in total. The molecule has 0 unspecified atom stereocenters. The van der Waals surface area contributed by atoms with E-state index in [1.807, 2.05) is 0 Å². The highest BCUT2D eigenvalue weighted by Gasteiger charge is 2.19. The van der Waals surface area contributed by atoms with Crippen molar-refractivity contribution in [2.45, 2.75) is 11.4 Å². The summed E-state index contributed by atoms with van der Waals surface area (Å²) in [6.07, 6.45) is 1.69. The number of anilines is 2. The predicted molar refractivity (Wildman–Crippen MR) is 81.9 cm³/mol. The number of nitrogens with zero attached hydrogens (tertiary/aromatic N) is 3. The predicted octanol–water partition coefficient (Wildman–Crippen LogP) is 0.829. The van der Waals surface area contributed by atoms with Gasteiger partial charge in [-0.25, -0.2) is 13.6 Å². The third-order valence-corrected chi connectivity index (χ3v) is 3.83. The van der Waals surface area contributed by atoms with E-state index in [0.717, 1.165) is 6.07 Å². The van der Waals surface area contributed by atoms with Crippen LogP contribution in [0.1, 0.15) is 0 Å². The molecule has 0 bridgehead atoms. The van der Waals surface area contributed by atoms with E-state index in [1.165, 1.54) is 12.1 Å².